The number of hydrazone groups is 1. The molecule has 29 heavy (non-hydrogen) atoms. The van der Waals surface area contributed by atoms with Crippen molar-refractivity contribution in [2.45, 2.75) is 33.3 Å². The van der Waals surface area contributed by atoms with Gasteiger partial charge in [-0.05, 0) is 31.4 Å². The molecule has 0 radical (unpaired) electrons. The summed E-state index contributed by atoms with van der Waals surface area (Å²) >= 11 is 0. The van der Waals surface area contributed by atoms with Crippen LogP contribution >= 0.6 is 0 Å². The number of benzene rings is 2. The van der Waals surface area contributed by atoms with Gasteiger partial charge in [0.05, 0.1) is 28.2 Å². The summed E-state index contributed by atoms with van der Waals surface area (Å²) in [7, 11) is 0. The maximum absolute atomic E-state index is 11.3. The standard InChI is InChI=1S/C20H24N4O5/c1-14(2)13-29-20(4,16-8-6-5-7-9-16)15(3)21-22-18-11-10-17(23(25)26)12-19(18)24(27)28/h5-12,14,22H,13H2,1-4H3/b21-15+. The first-order valence-electron chi connectivity index (χ1n) is 9.08. The van der Waals surface area contributed by atoms with E-state index in [4.69, 9.17) is 4.74 Å². The van der Waals surface area contributed by atoms with Crippen molar-refractivity contribution < 1.29 is 14.6 Å². The molecule has 9 heteroatoms. The van der Waals surface area contributed by atoms with Crippen molar-refractivity contribution in [2.24, 2.45) is 11.0 Å². The van der Waals surface area contributed by atoms with E-state index in [0.717, 1.165) is 11.6 Å². The number of hydrogen-bond donors (Lipinski definition) is 1. The molecule has 0 aromatic heterocycles. The SMILES string of the molecule is C/C(=N\Nc1ccc([N+](=O)[O-])cc1[N+](=O)[O-])C(C)(OCC(C)C)c1ccccc1. The number of nitrogens with zero attached hydrogens (tertiary/aromatic N) is 3. The van der Waals surface area contributed by atoms with Crippen LogP contribution in [0.3, 0.4) is 0 Å². The lowest BCUT2D eigenvalue weighted by molar-refractivity contribution is -0.393. The maximum Gasteiger partial charge on any atom is 0.301 e. The van der Waals surface area contributed by atoms with Gasteiger partial charge in [-0.1, -0.05) is 44.2 Å². The largest absolute Gasteiger partial charge is 0.364 e. The Morgan fingerprint density at radius 1 is 1.14 bits per heavy atom. The number of nitrogens with one attached hydrogen (secondary N) is 1. The van der Waals surface area contributed by atoms with E-state index in [1.54, 1.807) is 6.92 Å². The Hall–Kier alpha value is -3.33. The summed E-state index contributed by atoms with van der Waals surface area (Å²) in [5.41, 5.74) is 2.52. The molecule has 1 unspecified atom stereocenters. The van der Waals surface area contributed by atoms with E-state index in [1.807, 2.05) is 51.1 Å². The Labute approximate surface area is 168 Å². The number of hydrogen-bond acceptors (Lipinski definition) is 7. The van der Waals surface area contributed by atoms with Gasteiger partial charge in [-0.25, -0.2) is 0 Å². The molecule has 2 aromatic rings. The number of nitro groups is 2. The summed E-state index contributed by atoms with van der Waals surface area (Å²) in [4.78, 5) is 20.8. The van der Waals surface area contributed by atoms with E-state index < -0.39 is 21.1 Å². The molecule has 2 rings (SSSR count). The van der Waals surface area contributed by atoms with Gasteiger partial charge in [0.1, 0.15) is 11.3 Å². The molecule has 0 amide bonds. The fraction of sp³-hybridized carbons (Fsp3) is 0.350. The zero-order valence-electron chi connectivity index (χ0n) is 16.8. The monoisotopic (exact) mass is 400 g/mol. The zero-order valence-corrected chi connectivity index (χ0v) is 16.8. The van der Waals surface area contributed by atoms with E-state index in [0.29, 0.717) is 18.2 Å². The van der Waals surface area contributed by atoms with Crippen LogP contribution in [0.4, 0.5) is 17.1 Å². The average Bonchev–Trinajstić information content (AvgIpc) is 2.70. The number of rotatable bonds is 9. The summed E-state index contributed by atoms with van der Waals surface area (Å²) < 4.78 is 6.16. The predicted octanol–water partition coefficient (Wildman–Crippen LogP) is 4.88. The Bertz CT molecular complexity index is 914. The number of ether oxygens (including phenoxy) is 1. The molecule has 1 atom stereocenters. The fourth-order valence-corrected chi connectivity index (χ4v) is 2.62. The number of nitro benzene ring substituents is 2. The van der Waals surface area contributed by atoms with Crippen LogP contribution in [0.1, 0.15) is 33.3 Å². The third-order valence-corrected chi connectivity index (χ3v) is 4.45. The highest BCUT2D eigenvalue weighted by Gasteiger charge is 2.32. The Balaban J connectivity index is 2.38. The molecule has 0 heterocycles. The molecule has 0 fully saturated rings. The highest BCUT2D eigenvalue weighted by atomic mass is 16.6. The smallest absolute Gasteiger partial charge is 0.301 e. The molecule has 0 aliphatic heterocycles. The Kier molecular flexibility index (Phi) is 7.00. The minimum atomic E-state index is -0.853. The highest BCUT2D eigenvalue weighted by molar-refractivity contribution is 5.92. The van der Waals surface area contributed by atoms with E-state index >= 15 is 0 Å². The van der Waals surface area contributed by atoms with Crippen molar-refractivity contribution in [1.82, 2.24) is 0 Å². The third-order valence-electron chi connectivity index (χ3n) is 4.45. The lowest BCUT2D eigenvalue weighted by atomic mass is 9.91. The molecule has 0 bridgehead atoms. The summed E-state index contributed by atoms with van der Waals surface area (Å²) in [5, 5.41) is 26.5. The highest BCUT2D eigenvalue weighted by Crippen LogP contribution is 2.31. The molecule has 0 spiro atoms. The van der Waals surface area contributed by atoms with Gasteiger partial charge in [0.25, 0.3) is 5.69 Å². The summed E-state index contributed by atoms with van der Waals surface area (Å²) in [6.07, 6.45) is 0. The third kappa shape index (κ3) is 5.35. The second-order valence-corrected chi connectivity index (χ2v) is 7.13. The molecule has 0 aliphatic rings. The second-order valence-electron chi connectivity index (χ2n) is 7.13. The molecule has 2 aromatic carbocycles. The molecule has 1 N–H and O–H groups in total. The number of non-ortho nitro benzene ring substituents is 1. The first-order valence-corrected chi connectivity index (χ1v) is 9.08. The van der Waals surface area contributed by atoms with Gasteiger partial charge in [-0.2, -0.15) is 5.10 Å². The van der Waals surface area contributed by atoms with E-state index in [9.17, 15) is 20.2 Å². The van der Waals surface area contributed by atoms with Crippen molar-refractivity contribution in [2.75, 3.05) is 12.0 Å². The molecule has 9 nitrogen and oxygen atoms in total. The van der Waals surface area contributed by atoms with Crippen molar-refractivity contribution >= 4 is 22.8 Å². The van der Waals surface area contributed by atoms with Crippen molar-refractivity contribution in [3.8, 4) is 0 Å². The number of anilines is 1. The van der Waals surface area contributed by atoms with Crippen molar-refractivity contribution in [3.63, 3.8) is 0 Å². The van der Waals surface area contributed by atoms with Crippen molar-refractivity contribution in [1.29, 1.82) is 0 Å². The van der Waals surface area contributed by atoms with E-state index in [1.165, 1.54) is 12.1 Å². The van der Waals surface area contributed by atoms with Crippen LogP contribution in [0, 0.1) is 26.1 Å². The fourth-order valence-electron chi connectivity index (χ4n) is 2.62. The van der Waals surface area contributed by atoms with Crippen LogP contribution in [-0.2, 0) is 10.3 Å². The Morgan fingerprint density at radius 3 is 2.34 bits per heavy atom. The molecular formula is C20H24N4O5. The Morgan fingerprint density at radius 2 is 1.79 bits per heavy atom. The summed E-state index contributed by atoms with van der Waals surface area (Å²) in [5.74, 6) is 0.301. The minimum absolute atomic E-state index is 0.0548. The van der Waals surface area contributed by atoms with Gasteiger partial charge in [0.15, 0.2) is 0 Å². The topological polar surface area (TPSA) is 120 Å². The van der Waals surface area contributed by atoms with Crippen LogP contribution in [0.25, 0.3) is 0 Å². The normalized spacial score (nSPS) is 13.8. The zero-order chi connectivity index (χ0) is 21.6. The van der Waals surface area contributed by atoms with Gasteiger partial charge >= 0.3 is 5.69 Å². The molecule has 154 valence electrons. The van der Waals surface area contributed by atoms with E-state index in [-0.39, 0.29) is 11.4 Å². The second kappa shape index (κ2) is 9.24. The van der Waals surface area contributed by atoms with Crippen LogP contribution in [0.5, 0.6) is 0 Å². The van der Waals surface area contributed by atoms with Gasteiger partial charge in [0.2, 0.25) is 0 Å². The van der Waals surface area contributed by atoms with Crippen molar-refractivity contribution in [3.05, 3.63) is 74.3 Å². The average molecular weight is 400 g/mol. The summed E-state index contributed by atoms with van der Waals surface area (Å²) in [6, 6.07) is 12.9. The van der Waals surface area contributed by atoms with Crippen LogP contribution in [-0.4, -0.2) is 22.2 Å². The predicted molar refractivity (Wildman–Crippen MR) is 111 cm³/mol. The molecular weight excluding hydrogens is 376 g/mol. The minimum Gasteiger partial charge on any atom is -0.364 e. The maximum atomic E-state index is 11.3. The molecule has 0 aliphatic carbocycles. The van der Waals surface area contributed by atoms with Gasteiger partial charge in [-0.3, -0.25) is 25.7 Å². The van der Waals surface area contributed by atoms with Gasteiger partial charge in [-0.15, -0.1) is 0 Å². The lowest BCUT2D eigenvalue weighted by Crippen LogP contribution is -2.36. The van der Waals surface area contributed by atoms with Gasteiger partial charge in [0, 0.05) is 6.07 Å². The summed E-state index contributed by atoms with van der Waals surface area (Å²) in [6.45, 7) is 8.22. The van der Waals surface area contributed by atoms with Crippen LogP contribution < -0.4 is 5.43 Å². The molecule has 0 saturated carbocycles. The lowest BCUT2D eigenvalue weighted by Gasteiger charge is -2.31. The first kappa shape index (κ1) is 22.0. The van der Waals surface area contributed by atoms with Crippen LogP contribution in [0.2, 0.25) is 0 Å². The van der Waals surface area contributed by atoms with Gasteiger partial charge < -0.3 is 4.74 Å². The van der Waals surface area contributed by atoms with Crippen LogP contribution in [0.15, 0.2) is 53.6 Å². The quantitative estimate of drug-likeness (QED) is 0.364. The first-order chi connectivity index (χ1) is 13.6. The van der Waals surface area contributed by atoms with E-state index in [2.05, 4.69) is 10.5 Å². The molecule has 0 saturated heterocycles.